The predicted octanol–water partition coefficient (Wildman–Crippen LogP) is 2.69. The maximum absolute atomic E-state index is 11.6. The van der Waals surface area contributed by atoms with Gasteiger partial charge >= 0.3 is 6.09 Å². The lowest BCUT2D eigenvalue weighted by Crippen LogP contribution is -2.33. The molecule has 1 rings (SSSR count). The minimum Gasteiger partial charge on any atom is -0.410 e. The second-order valence-electron chi connectivity index (χ2n) is 3.01. The van der Waals surface area contributed by atoms with E-state index in [1.165, 1.54) is 0 Å². The van der Waals surface area contributed by atoms with Crippen LogP contribution >= 0.6 is 0 Å². The van der Waals surface area contributed by atoms with Gasteiger partial charge in [-0.05, 0) is 19.1 Å². The van der Waals surface area contributed by atoms with Crippen molar-refractivity contribution in [2.24, 2.45) is 0 Å². The van der Waals surface area contributed by atoms with Gasteiger partial charge in [-0.15, -0.1) is 6.58 Å². The molecule has 0 saturated carbocycles. The summed E-state index contributed by atoms with van der Waals surface area (Å²) in [5.74, 6) is 0.560. The first-order chi connectivity index (χ1) is 7.27. The number of likely N-dealkylation sites (N-methyl/N-ethyl adjacent to an activating group) is 1. The fourth-order valence-corrected chi connectivity index (χ4v) is 1.14. The van der Waals surface area contributed by atoms with Crippen molar-refractivity contribution in [2.45, 2.75) is 6.92 Å². The molecule has 1 aromatic carbocycles. The summed E-state index contributed by atoms with van der Waals surface area (Å²) in [6.45, 7) is 6.60. The minimum atomic E-state index is -0.344. The van der Waals surface area contributed by atoms with Crippen LogP contribution in [0.5, 0.6) is 5.75 Å². The maximum Gasteiger partial charge on any atom is 0.415 e. The highest BCUT2D eigenvalue weighted by Gasteiger charge is 2.11. The summed E-state index contributed by atoms with van der Waals surface area (Å²) in [5, 5.41) is 0. The van der Waals surface area contributed by atoms with Crippen LogP contribution in [0.4, 0.5) is 4.79 Å². The molecular formula is C12H15NO2. The quantitative estimate of drug-likeness (QED) is 0.707. The van der Waals surface area contributed by atoms with E-state index in [4.69, 9.17) is 4.74 Å². The number of carbonyl (C=O) groups is 1. The van der Waals surface area contributed by atoms with Crippen molar-refractivity contribution < 1.29 is 9.53 Å². The second-order valence-corrected chi connectivity index (χ2v) is 3.01. The van der Waals surface area contributed by atoms with Crippen molar-refractivity contribution in [1.82, 2.24) is 4.90 Å². The molecule has 0 saturated heterocycles. The van der Waals surface area contributed by atoms with Gasteiger partial charge in [0.05, 0.1) is 0 Å². The molecule has 0 fully saturated rings. The average Bonchev–Trinajstić information content (AvgIpc) is 2.27. The van der Waals surface area contributed by atoms with Crippen LogP contribution in [0.3, 0.4) is 0 Å². The molecule has 0 N–H and O–H groups in total. The Hall–Kier alpha value is -1.77. The predicted molar refractivity (Wildman–Crippen MR) is 59.9 cm³/mol. The standard InChI is InChI=1S/C12H15NO2/c1-3-10-13(4-2)12(14)15-11-8-6-5-7-9-11/h3,5-9H,1,4,10H2,2H3. The van der Waals surface area contributed by atoms with Gasteiger partial charge in [0, 0.05) is 13.1 Å². The largest absolute Gasteiger partial charge is 0.415 e. The number of rotatable bonds is 4. The van der Waals surface area contributed by atoms with E-state index < -0.39 is 0 Å². The Morgan fingerprint density at radius 1 is 1.47 bits per heavy atom. The molecule has 0 aliphatic heterocycles. The number of para-hydroxylation sites is 1. The first-order valence-electron chi connectivity index (χ1n) is 4.90. The van der Waals surface area contributed by atoms with Crippen LogP contribution < -0.4 is 4.74 Å². The molecule has 1 amide bonds. The third-order valence-corrected chi connectivity index (χ3v) is 1.94. The molecule has 0 aliphatic carbocycles. The molecule has 3 nitrogen and oxygen atoms in total. The number of carbonyl (C=O) groups excluding carboxylic acids is 1. The molecule has 3 heteroatoms. The van der Waals surface area contributed by atoms with E-state index in [2.05, 4.69) is 6.58 Å². The van der Waals surface area contributed by atoms with Crippen molar-refractivity contribution in [3.05, 3.63) is 43.0 Å². The minimum absolute atomic E-state index is 0.344. The van der Waals surface area contributed by atoms with Crippen LogP contribution in [0.15, 0.2) is 43.0 Å². The molecule has 0 bridgehead atoms. The molecule has 1 aromatic rings. The van der Waals surface area contributed by atoms with Gasteiger partial charge in [0.25, 0.3) is 0 Å². The molecule has 80 valence electrons. The van der Waals surface area contributed by atoms with E-state index in [0.717, 1.165) is 0 Å². The lowest BCUT2D eigenvalue weighted by molar-refractivity contribution is 0.160. The van der Waals surface area contributed by atoms with E-state index in [-0.39, 0.29) is 6.09 Å². The van der Waals surface area contributed by atoms with Crippen molar-refractivity contribution in [1.29, 1.82) is 0 Å². The first kappa shape index (κ1) is 11.3. The van der Waals surface area contributed by atoms with E-state index in [0.29, 0.717) is 18.8 Å². The normalized spacial score (nSPS) is 9.40. The van der Waals surface area contributed by atoms with Gasteiger partial charge in [0.1, 0.15) is 5.75 Å². The van der Waals surface area contributed by atoms with Gasteiger partial charge in [-0.3, -0.25) is 0 Å². The summed E-state index contributed by atoms with van der Waals surface area (Å²) in [5.41, 5.74) is 0. The smallest absolute Gasteiger partial charge is 0.410 e. The summed E-state index contributed by atoms with van der Waals surface area (Å²) in [4.78, 5) is 13.2. The highest BCUT2D eigenvalue weighted by Crippen LogP contribution is 2.09. The zero-order valence-corrected chi connectivity index (χ0v) is 8.85. The Labute approximate surface area is 90.0 Å². The van der Waals surface area contributed by atoms with Gasteiger partial charge in [-0.1, -0.05) is 24.3 Å². The summed E-state index contributed by atoms with van der Waals surface area (Å²) < 4.78 is 5.16. The molecule has 0 spiro atoms. The first-order valence-corrected chi connectivity index (χ1v) is 4.90. The molecule has 0 aliphatic rings. The van der Waals surface area contributed by atoms with Crippen LogP contribution in [0.2, 0.25) is 0 Å². The zero-order chi connectivity index (χ0) is 11.1. The molecule has 0 atom stereocenters. The summed E-state index contributed by atoms with van der Waals surface area (Å²) >= 11 is 0. The topological polar surface area (TPSA) is 29.5 Å². The monoisotopic (exact) mass is 205 g/mol. The Bertz CT molecular complexity index is 322. The van der Waals surface area contributed by atoms with Crippen LogP contribution in [0.25, 0.3) is 0 Å². The van der Waals surface area contributed by atoms with Crippen LogP contribution in [-0.2, 0) is 0 Å². The number of hydrogen-bond acceptors (Lipinski definition) is 2. The Morgan fingerprint density at radius 2 is 2.13 bits per heavy atom. The lowest BCUT2D eigenvalue weighted by atomic mass is 10.3. The van der Waals surface area contributed by atoms with Crippen LogP contribution in [0.1, 0.15) is 6.92 Å². The van der Waals surface area contributed by atoms with E-state index in [9.17, 15) is 4.79 Å². The number of ether oxygens (including phenoxy) is 1. The van der Waals surface area contributed by atoms with Crippen molar-refractivity contribution in [3.63, 3.8) is 0 Å². The maximum atomic E-state index is 11.6. The summed E-state index contributed by atoms with van der Waals surface area (Å²) in [6.07, 6.45) is 1.33. The highest BCUT2D eigenvalue weighted by molar-refractivity contribution is 5.70. The zero-order valence-electron chi connectivity index (χ0n) is 8.85. The Kier molecular flexibility index (Phi) is 4.41. The third-order valence-electron chi connectivity index (χ3n) is 1.94. The summed E-state index contributed by atoms with van der Waals surface area (Å²) in [6, 6.07) is 9.02. The molecule has 15 heavy (non-hydrogen) atoms. The second kappa shape index (κ2) is 5.86. The van der Waals surface area contributed by atoms with Crippen molar-refractivity contribution in [3.8, 4) is 5.75 Å². The Morgan fingerprint density at radius 3 is 2.67 bits per heavy atom. The molecule has 0 unspecified atom stereocenters. The molecule has 0 radical (unpaired) electrons. The average molecular weight is 205 g/mol. The van der Waals surface area contributed by atoms with Crippen molar-refractivity contribution >= 4 is 6.09 Å². The SMILES string of the molecule is C=CCN(CC)C(=O)Oc1ccccc1. The lowest BCUT2D eigenvalue weighted by Gasteiger charge is -2.17. The van der Waals surface area contributed by atoms with Crippen LogP contribution in [-0.4, -0.2) is 24.1 Å². The number of benzene rings is 1. The third kappa shape index (κ3) is 3.46. The van der Waals surface area contributed by atoms with Gasteiger partial charge in [-0.25, -0.2) is 4.79 Å². The van der Waals surface area contributed by atoms with E-state index >= 15 is 0 Å². The highest BCUT2D eigenvalue weighted by atomic mass is 16.6. The number of amides is 1. The van der Waals surface area contributed by atoms with Gasteiger partial charge in [0.15, 0.2) is 0 Å². The van der Waals surface area contributed by atoms with Crippen molar-refractivity contribution in [2.75, 3.05) is 13.1 Å². The fourth-order valence-electron chi connectivity index (χ4n) is 1.14. The molecule has 0 aromatic heterocycles. The Balaban J connectivity index is 2.58. The van der Waals surface area contributed by atoms with Gasteiger partial charge in [0.2, 0.25) is 0 Å². The number of hydrogen-bond donors (Lipinski definition) is 0. The fraction of sp³-hybridized carbons (Fsp3) is 0.250. The van der Waals surface area contributed by atoms with Crippen LogP contribution in [0, 0.1) is 0 Å². The van der Waals surface area contributed by atoms with E-state index in [1.807, 2.05) is 25.1 Å². The number of nitrogens with zero attached hydrogens (tertiary/aromatic N) is 1. The summed E-state index contributed by atoms with van der Waals surface area (Å²) in [7, 11) is 0. The van der Waals surface area contributed by atoms with E-state index in [1.54, 1.807) is 23.1 Å². The van der Waals surface area contributed by atoms with Gasteiger partial charge in [-0.2, -0.15) is 0 Å². The van der Waals surface area contributed by atoms with Gasteiger partial charge < -0.3 is 9.64 Å². The molecular weight excluding hydrogens is 190 g/mol. The molecule has 0 heterocycles.